The molecule has 0 aliphatic carbocycles. The van der Waals surface area contributed by atoms with E-state index in [0.29, 0.717) is 6.61 Å². The zero-order valence-corrected chi connectivity index (χ0v) is 11.1. The standard InChI is InChI=1S/C15H22O2/c1-12(2)16-11-5-6-14-7-9-15(10-8-14)17-13(3)4/h5-10,12-13H,11H2,1-4H3/b6-5+. The summed E-state index contributed by atoms with van der Waals surface area (Å²) in [6.45, 7) is 8.77. The summed E-state index contributed by atoms with van der Waals surface area (Å²) in [4.78, 5) is 0. The van der Waals surface area contributed by atoms with Gasteiger partial charge in [0, 0.05) is 0 Å². The van der Waals surface area contributed by atoms with Gasteiger partial charge in [0.25, 0.3) is 0 Å². The molecule has 0 saturated carbocycles. The first-order valence-corrected chi connectivity index (χ1v) is 6.13. The van der Waals surface area contributed by atoms with E-state index in [4.69, 9.17) is 9.47 Å². The van der Waals surface area contributed by atoms with E-state index in [-0.39, 0.29) is 12.2 Å². The van der Waals surface area contributed by atoms with Crippen LogP contribution in [-0.2, 0) is 4.74 Å². The summed E-state index contributed by atoms with van der Waals surface area (Å²) in [6, 6.07) is 8.07. The second-order valence-electron chi connectivity index (χ2n) is 4.52. The lowest BCUT2D eigenvalue weighted by molar-refractivity contribution is 0.103. The van der Waals surface area contributed by atoms with Crippen molar-refractivity contribution < 1.29 is 9.47 Å². The molecular weight excluding hydrogens is 212 g/mol. The fourth-order valence-electron chi connectivity index (χ4n) is 1.36. The van der Waals surface area contributed by atoms with Gasteiger partial charge in [-0.25, -0.2) is 0 Å². The van der Waals surface area contributed by atoms with E-state index in [9.17, 15) is 0 Å². The molecule has 0 saturated heterocycles. The molecule has 1 aromatic rings. The van der Waals surface area contributed by atoms with Gasteiger partial charge in [-0.1, -0.05) is 24.3 Å². The largest absolute Gasteiger partial charge is 0.491 e. The Morgan fingerprint density at radius 1 is 1.00 bits per heavy atom. The Morgan fingerprint density at radius 2 is 1.65 bits per heavy atom. The van der Waals surface area contributed by atoms with Gasteiger partial charge in [0.05, 0.1) is 18.8 Å². The van der Waals surface area contributed by atoms with Crippen molar-refractivity contribution in [2.45, 2.75) is 39.9 Å². The number of rotatable bonds is 6. The van der Waals surface area contributed by atoms with Crippen LogP contribution in [0.4, 0.5) is 0 Å². The van der Waals surface area contributed by atoms with Crippen molar-refractivity contribution in [1.82, 2.24) is 0 Å². The Labute approximate surface area is 104 Å². The van der Waals surface area contributed by atoms with Gasteiger partial charge in [-0.15, -0.1) is 0 Å². The fraction of sp³-hybridized carbons (Fsp3) is 0.467. The topological polar surface area (TPSA) is 18.5 Å². The molecule has 0 radical (unpaired) electrons. The van der Waals surface area contributed by atoms with Gasteiger partial charge in [-0.05, 0) is 45.4 Å². The summed E-state index contributed by atoms with van der Waals surface area (Å²) < 4.78 is 11.0. The Morgan fingerprint density at radius 3 is 2.18 bits per heavy atom. The summed E-state index contributed by atoms with van der Waals surface area (Å²) in [6.07, 6.45) is 4.58. The maximum Gasteiger partial charge on any atom is 0.119 e. The van der Waals surface area contributed by atoms with Gasteiger partial charge in [0.2, 0.25) is 0 Å². The summed E-state index contributed by atoms with van der Waals surface area (Å²) in [5.41, 5.74) is 1.16. The van der Waals surface area contributed by atoms with Crippen LogP contribution >= 0.6 is 0 Å². The number of benzene rings is 1. The van der Waals surface area contributed by atoms with E-state index in [1.807, 2.05) is 58.0 Å². The maximum absolute atomic E-state index is 5.58. The Bertz CT molecular complexity index is 336. The molecule has 2 nitrogen and oxygen atoms in total. The lowest BCUT2D eigenvalue weighted by atomic mass is 10.2. The molecule has 1 rings (SSSR count). The number of ether oxygens (including phenoxy) is 2. The fourth-order valence-corrected chi connectivity index (χ4v) is 1.36. The molecule has 0 spiro atoms. The van der Waals surface area contributed by atoms with Crippen LogP contribution in [0.2, 0.25) is 0 Å². The molecule has 0 amide bonds. The smallest absolute Gasteiger partial charge is 0.119 e. The second kappa shape index (κ2) is 7.13. The van der Waals surface area contributed by atoms with Crippen LogP contribution < -0.4 is 4.74 Å². The SMILES string of the molecule is CC(C)OC/C=C/c1ccc(OC(C)C)cc1. The Kier molecular flexibility index (Phi) is 5.78. The van der Waals surface area contributed by atoms with E-state index in [1.165, 1.54) is 0 Å². The lowest BCUT2D eigenvalue weighted by Crippen LogP contribution is -2.05. The van der Waals surface area contributed by atoms with Gasteiger partial charge in [0.15, 0.2) is 0 Å². The van der Waals surface area contributed by atoms with E-state index in [0.717, 1.165) is 11.3 Å². The van der Waals surface area contributed by atoms with Crippen molar-refractivity contribution >= 4 is 6.08 Å². The molecule has 0 aromatic heterocycles. The molecule has 94 valence electrons. The summed E-state index contributed by atoms with van der Waals surface area (Å²) >= 11 is 0. The molecular formula is C15H22O2. The molecule has 2 heteroatoms. The summed E-state index contributed by atoms with van der Waals surface area (Å²) in [7, 11) is 0. The third-order valence-corrected chi connectivity index (χ3v) is 2.09. The highest BCUT2D eigenvalue weighted by molar-refractivity contribution is 5.50. The highest BCUT2D eigenvalue weighted by Crippen LogP contribution is 2.14. The van der Waals surface area contributed by atoms with E-state index >= 15 is 0 Å². The van der Waals surface area contributed by atoms with E-state index in [2.05, 4.69) is 6.08 Å². The predicted octanol–water partition coefficient (Wildman–Crippen LogP) is 3.91. The average Bonchev–Trinajstić information content (AvgIpc) is 2.25. The second-order valence-corrected chi connectivity index (χ2v) is 4.52. The Hall–Kier alpha value is -1.28. The molecule has 17 heavy (non-hydrogen) atoms. The molecule has 0 N–H and O–H groups in total. The highest BCUT2D eigenvalue weighted by Gasteiger charge is 1.96. The minimum absolute atomic E-state index is 0.218. The minimum Gasteiger partial charge on any atom is -0.491 e. The number of hydrogen-bond donors (Lipinski definition) is 0. The number of hydrogen-bond acceptors (Lipinski definition) is 2. The first kappa shape index (κ1) is 13.8. The van der Waals surface area contributed by atoms with Crippen molar-refractivity contribution in [2.24, 2.45) is 0 Å². The Balaban J connectivity index is 2.45. The molecule has 0 unspecified atom stereocenters. The first-order valence-electron chi connectivity index (χ1n) is 6.13. The van der Waals surface area contributed by atoms with Crippen LogP contribution in [0.3, 0.4) is 0 Å². The van der Waals surface area contributed by atoms with E-state index in [1.54, 1.807) is 0 Å². The molecule has 0 atom stereocenters. The zero-order chi connectivity index (χ0) is 12.7. The lowest BCUT2D eigenvalue weighted by Gasteiger charge is -2.09. The maximum atomic E-state index is 5.58. The molecule has 0 aliphatic heterocycles. The van der Waals surface area contributed by atoms with Crippen LogP contribution in [0.15, 0.2) is 30.3 Å². The van der Waals surface area contributed by atoms with Crippen LogP contribution in [0, 0.1) is 0 Å². The third-order valence-electron chi connectivity index (χ3n) is 2.09. The van der Waals surface area contributed by atoms with Crippen molar-refractivity contribution in [3.8, 4) is 5.75 Å². The summed E-state index contributed by atoms with van der Waals surface area (Å²) in [5, 5.41) is 0. The van der Waals surface area contributed by atoms with Gasteiger partial charge < -0.3 is 9.47 Å². The quantitative estimate of drug-likeness (QED) is 0.743. The van der Waals surface area contributed by atoms with Gasteiger partial charge >= 0.3 is 0 Å². The van der Waals surface area contributed by atoms with Crippen LogP contribution in [0.25, 0.3) is 6.08 Å². The van der Waals surface area contributed by atoms with Crippen LogP contribution in [0.5, 0.6) is 5.75 Å². The van der Waals surface area contributed by atoms with Crippen LogP contribution in [-0.4, -0.2) is 18.8 Å². The van der Waals surface area contributed by atoms with Crippen molar-refractivity contribution in [3.05, 3.63) is 35.9 Å². The highest BCUT2D eigenvalue weighted by atomic mass is 16.5. The summed E-state index contributed by atoms with van der Waals surface area (Å²) in [5.74, 6) is 0.913. The predicted molar refractivity (Wildman–Crippen MR) is 72.3 cm³/mol. The van der Waals surface area contributed by atoms with Gasteiger partial charge in [0.1, 0.15) is 5.75 Å². The van der Waals surface area contributed by atoms with E-state index < -0.39 is 0 Å². The normalized spacial score (nSPS) is 11.6. The molecule has 0 heterocycles. The third kappa shape index (κ3) is 6.12. The molecule has 0 bridgehead atoms. The van der Waals surface area contributed by atoms with Crippen molar-refractivity contribution in [3.63, 3.8) is 0 Å². The van der Waals surface area contributed by atoms with Crippen molar-refractivity contribution in [2.75, 3.05) is 6.61 Å². The van der Waals surface area contributed by atoms with Crippen molar-refractivity contribution in [1.29, 1.82) is 0 Å². The van der Waals surface area contributed by atoms with Gasteiger partial charge in [-0.2, -0.15) is 0 Å². The average molecular weight is 234 g/mol. The zero-order valence-electron chi connectivity index (χ0n) is 11.1. The minimum atomic E-state index is 0.218. The molecule has 1 aromatic carbocycles. The molecule has 0 fully saturated rings. The monoisotopic (exact) mass is 234 g/mol. The first-order chi connectivity index (χ1) is 8.08. The van der Waals surface area contributed by atoms with Crippen LogP contribution in [0.1, 0.15) is 33.3 Å². The molecule has 0 aliphatic rings. The van der Waals surface area contributed by atoms with Gasteiger partial charge in [-0.3, -0.25) is 0 Å².